The highest BCUT2D eigenvalue weighted by atomic mass is 15.1. The van der Waals surface area contributed by atoms with Gasteiger partial charge in [-0.3, -0.25) is 0 Å². The van der Waals surface area contributed by atoms with E-state index in [1.165, 1.54) is 32.1 Å². The van der Waals surface area contributed by atoms with Gasteiger partial charge in [0.15, 0.2) is 0 Å². The third-order valence-electron chi connectivity index (χ3n) is 3.26. The summed E-state index contributed by atoms with van der Waals surface area (Å²) in [7, 11) is 0. The highest BCUT2D eigenvalue weighted by molar-refractivity contribution is 5.95. The number of aliphatic imine (C=N–C) groups is 2. The molecular weight excluding hydrogens is 234 g/mol. The molecule has 3 nitrogen and oxygen atoms in total. The number of nitrogens with zero attached hydrogens (tertiary/aromatic N) is 2. The lowest BCUT2D eigenvalue weighted by molar-refractivity contribution is 0.412. The van der Waals surface area contributed by atoms with E-state index in [0.717, 1.165) is 17.4 Å². The first-order valence-electron chi connectivity index (χ1n) is 7.16. The molecule has 1 saturated carbocycles. The maximum absolute atomic E-state index is 4.61. The van der Waals surface area contributed by atoms with Gasteiger partial charge < -0.3 is 5.32 Å². The third-order valence-corrected chi connectivity index (χ3v) is 3.26. The van der Waals surface area contributed by atoms with Gasteiger partial charge in [0, 0.05) is 11.8 Å². The molecule has 3 heteroatoms. The monoisotopic (exact) mass is 257 g/mol. The van der Waals surface area contributed by atoms with Crippen LogP contribution in [0.5, 0.6) is 0 Å². The molecule has 0 radical (unpaired) electrons. The van der Waals surface area contributed by atoms with Gasteiger partial charge in [-0.2, -0.15) is 0 Å². The molecular formula is C16H23N3. The molecule has 0 aromatic heterocycles. The van der Waals surface area contributed by atoms with Crippen molar-refractivity contribution in [3.05, 3.63) is 30.3 Å². The second kappa shape index (κ2) is 7.07. The van der Waals surface area contributed by atoms with Crippen LogP contribution < -0.4 is 5.32 Å². The van der Waals surface area contributed by atoms with Crippen molar-refractivity contribution in [1.82, 2.24) is 5.32 Å². The van der Waals surface area contributed by atoms with Gasteiger partial charge in [-0.15, -0.1) is 0 Å². The van der Waals surface area contributed by atoms with Crippen LogP contribution in [0.25, 0.3) is 0 Å². The quantitative estimate of drug-likeness (QED) is 0.629. The summed E-state index contributed by atoms with van der Waals surface area (Å²) < 4.78 is 0. The summed E-state index contributed by atoms with van der Waals surface area (Å²) in [6, 6.07) is 10.5. The molecule has 0 saturated heterocycles. The minimum Gasteiger partial charge on any atom is -0.351 e. The highest BCUT2D eigenvalue weighted by Crippen LogP contribution is 2.18. The van der Waals surface area contributed by atoms with Crippen LogP contribution >= 0.6 is 0 Å². The second-order valence-electron chi connectivity index (χ2n) is 5.31. The normalized spacial score (nSPS) is 17.1. The number of hydrogen-bond acceptors (Lipinski definition) is 1. The van der Waals surface area contributed by atoms with Gasteiger partial charge in [0.1, 0.15) is 0 Å². The molecule has 0 atom stereocenters. The standard InChI is InChI=1S/C16H23N3/c1-13(2)17-16(18-14-9-5-3-6-10-14)19-15-11-7-4-8-12-15/h3,5-6,9-10,15H,4,7-8,11-12H2,1-2H3,(H,18,19). The molecule has 102 valence electrons. The zero-order chi connectivity index (χ0) is 13.5. The van der Waals surface area contributed by atoms with Crippen LogP contribution in [0.1, 0.15) is 46.0 Å². The Bertz CT molecular complexity index is 438. The van der Waals surface area contributed by atoms with E-state index in [4.69, 9.17) is 0 Å². The first kappa shape index (κ1) is 13.8. The third kappa shape index (κ3) is 4.86. The molecule has 1 aliphatic rings. The van der Waals surface area contributed by atoms with Crippen molar-refractivity contribution in [2.45, 2.75) is 52.0 Å². The van der Waals surface area contributed by atoms with E-state index >= 15 is 0 Å². The number of guanidine groups is 1. The summed E-state index contributed by atoms with van der Waals surface area (Å²) in [6.45, 7) is 4.01. The Morgan fingerprint density at radius 1 is 1.05 bits per heavy atom. The Morgan fingerprint density at radius 2 is 1.74 bits per heavy atom. The summed E-state index contributed by atoms with van der Waals surface area (Å²) in [5.74, 6) is 0.748. The van der Waals surface area contributed by atoms with Gasteiger partial charge in [0.25, 0.3) is 0 Å². The number of benzene rings is 1. The molecule has 1 aromatic rings. The van der Waals surface area contributed by atoms with Crippen LogP contribution in [0.4, 0.5) is 5.69 Å². The van der Waals surface area contributed by atoms with Gasteiger partial charge in [0.05, 0.1) is 5.69 Å². The van der Waals surface area contributed by atoms with Crippen molar-refractivity contribution in [3.63, 3.8) is 0 Å². The van der Waals surface area contributed by atoms with Crippen LogP contribution in [-0.4, -0.2) is 17.7 Å². The Morgan fingerprint density at radius 3 is 2.37 bits per heavy atom. The predicted octanol–water partition coefficient (Wildman–Crippen LogP) is 4.08. The SMILES string of the molecule is CC(C)=N/C(=N\c1ccccc1)NC1CCCCC1. The largest absolute Gasteiger partial charge is 0.351 e. The molecule has 0 amide bonds. The van der Waals surface area contributed by atoms with Gasteiger partial charge in [-0.25, -0.2) is 9.98 Å². The molecule has 0 aliphatic heterocycles. The van der Waals surface area contributed by atoms with E-state index in [1.54, 1.807) is 0 Å². The summed E-state index contributed by atoms with van der Waals surface area (Å²) in [5.41, 5.74) is 1.98. The predicted molar refractivity (Wildman–Crippen MR) is 82.3 cm³/mol. The average molecular weight is 257 g/mol. The van der Waals surface area contributed by atoms with Gasteiger partial charge in [-0.1, -0.05) is 37.5 Å². The Hall–Kier alpha value is -1.64. The minimum atomic E-state index is 0.527. The smallest absolute Gasteiger partial charge is 0.223 e. The maximum atomic E-state index is 4.61. The molecule has 0 unspecified atom stereocenters. The zero-order valence-electron chi connectivity index (χ0n) is 11.9. The number of hydrogen-bond donors (Lipinski definition) is 1. The van der Waals surface area contributed by atoms with Gasteiger partial charge in [0.2, 0.25) is 5.96 Å². The first-order valence-corrected chi connectivity index (χ1v) is 7.16. The molecule has 0 heterocycles. The zero-order valence-corrected chi connectivity index (χ0v) is 11.9. The lowest BCUT2D eigenvalue weighted by Crippen LogP contribution is -2.35. The molecule has 2 rings (SSSR count). The fourth-order valence-electron chi connectivity index (χ4n) is 2.36. The second-order valence-corrected chi connectivity index (χ2v) is 5.31. The van der Waals surface area contributed by atoms with E-state index in [0.29, 0.717) is 6.04 Å². The molecule has 0 bridgehead atoms. The van der Waals surface area contributed by atoms with E-state index in [2.05, 4.69) is 15.3 Å². The van der Waals surface area contributed by atoms with E-state index in [9.17, 15) is 0 Å². The van der Waals surface area contributed by atoms with Crippen LogP contribution in [-0.2, 0) is 0 Å². The first-order chi connectivity index (χ1) is 9.24. The van der Waals surface area contributed by atoms with Gasteiger partial charge in [-0.05, 0) is 38.8 Å². The van der Waals surface area contributed by atoms with Crippen molar-refractivity contribution < 1.29 is 0 Å². The van der Waals surface area contributed by atoms with Gasteiger partial charge >= 0.3 is 0 Å². The number of nitrogens with one attached hydrogen (secondary N) is 1. The van der Waals surface area contributed by atoms with Crippen LogP contribution in [0, 0.1) is 0 Å². The lowest BCUT2D eigenvalue weighted by Gasteiger charge is -2.23. The molecule has 19 heavy (non-hydrogen) atoms. The van der Waals surface area contributed by atoms with Crippen LogP contribution in [0.15, 0.2) is 40.3 Å². The molecule has 1 fully saturated rings. The van der Waals surface area contributed by atoms with Crippen molar-refractivity contribution in [1.29, 1.82) is 0 Å². The summed E-state index contributed by atoms with van der Waals surface area (Å²) in [5, 5.41) is 3.50. The summed E-state index contributed by atoms with van der Waals surface area (Å²) in [4.78, 5) is 9.13. The fraction of sp³-hybridized carbons (Fsp3) is 0.500. The Balaban J connectivity index is 2.11. The number of para-hydroxylation sites is 1. The summed E-state index contributed by atoms with van der Waals surface area (Å²) >= 11 is 0. The van der Waals surface area contributed by atoms with E-state index in [1.807, 2.05) is 44.2 Å². The average Bonchev–Trinajstić information content (AvgIpc) is 2.40. The minimum absolute atomic E-state index is 0.527. The van der Waals surface area contributed by atoms with E-state index in [-0.39, 0.29) is 0 Å². The van der Waals surface area contributed by atoms with Crippen LogP contribution in [0.3, 0.4) is 0 Å². The molecule has 1 aromatic carbocycles. The maximum Gasteiger partial charge on any atom is 0.223 e. The fourth-order valence-corrected chi connectivity index (χ4v) is 2.36. The van der Waals surface area contributed by atoms with E-state index < -0.39 is 0 Å². The Kier molecular flexibility index (Phi) is 5.13. The summed E-state index contributed by atoms with van der Waals surface area (Å²) in [6.07, 6.45) is 6.44. The lowest BCUT2D eigenvalue weighted by atomic mass is 9.96. The molecule has 1 N–H and O–H groups in total. The van der Waals surface area contributed by atoms with Crippen molar-refractivity contribution in [3.8, 4) is 0 Å². The topological polar surface area (TPSA) is 36.8 Å². The molecule has 1 aliphatic carbocycles. The number of rotatable bonds is 2. The van der Waals surface area contributed by atoms with Crippen molar-refractivity contribution in [2.24, 2.45) is 9.98 Å². The van der Waals surface area contributed by atoms with Crippen molar-refractivity contribution >= 4 is 17.4 Å². The van der Waals surface area contributed by atoms with Crippen LogP contribution in [0.2, 0.25) is 0 Å². The Labute approximate surface area is 115 Å². The molecule has 0 spiro atoms. The van der Waals surface area contributed by atoms with Crippen molar-refractivity contribution in [2.75, 3.05) is 0 Å². The highest BCUT2D eigenvalue weighted by Gasteiger charge is 2.14.